The molecule has 1 aromatic heterocycles. The number of fused-ring (bicyclic) bond motifs is 2. The number of carbonyl (C=O) groups is 2. The van der Waals surface area contributed by atoms with Crippen molar-refractivity contribution in [2.75, 3.05) is 31.1 Å². The van der Waals surface area contributed by atoms with E-state index in [-0.39, 0.29) is 28.6 Å². The molecule has 3 aromatic rings. The van der Waals surface area contributed by atoms with E-state index in [1.54, 1.807) is 12.1 Å². The summed E-state index contributed by atoms with van der Waals surface area (Å²) in [4.78, 5) is 29.5. The van der Waals surface area contributed by atoms with Crippen LogP contribution in [0, 0.1) is 0 Å². The van der Waals surface area contributed by atoms with Gasteiger partial charge in [0.2, 0.25) is 5.91 Å². The van der Waals surface area contributed by atoms with Gasteiger partial charge in [-0.1, -0.05) is 43.6 Å². The average Bonchev–Trinajstić information content (AvgIpc) is 3.25. The van der Waals surface area contributed by atoms with E-state index in [9.17, 15) is 14.7 Å². The van der Waals surface area contributed by atoms with Gasteiger partial charge in [0.25, 0.3) is 5.91 Å². The van der Waals surface area contributed by atoms with Gasteiger partial charge in [0.05, 0.1) is 16.2 Å². The lowest BCUT2D eigenvalue weighted by atomic mass is 9.85. The fourth-order valence-electron chi connectivity index (χ4n) is 4.62. The minimum atomic E-state index is -1.99. The summed E-state index contributed by atoms with van der Waals surface area (Å²) >= 11 is 6.60. The van der Waals surface area contributed by atoms with E-state index in [1.807, 2.05) is 36.0 Å². The fraction of sp³-hybridized carbons (Fsp3) is 0.333. The largest absolute Gasteiger partial charge is 0.372 e. The number of amides is 2. The summed E-state index contributed by atoms with van der Waals surface area (Å²) in [7, 11) is 1.87. The molecule has 1 aliphatic rings. The summed E-state index contributed by atoms with van der Waals surface area (Å²) in [5.41, 5.74) is 5.60. The molecule has 0 spiro atoms. The second-order valence-electron chi connectivity index (χ2n) is 8.08. The van der Waals surface area contributed by atoms with Crippen molar-refractivity contribution < 1.29 is 14.7 Å². The highest BCUT2D eigenvalue weighted by Gasteiger charge is 2.53. The normalized spacial score (nSPS) is 17.5. The fourth-order valence-corrected chi connectivity index (χ4v) is 4.97. The lowest BCUT2D eigenvalue weighted by Crippen LogP contribution is -2.44. The average molecular weight is 491 g/mol. The molecule has 2 heterocycles. The second-order valence-corrected chi connectivity index (χ2v) is 8.49. The smallest absolute Gasteiger partial charge is 0.268 e. The van der Waals surface area contributed by atoms with Crippen LogP contribution in [0.4, 0.5) is 5.69 Å². The van der Waals surface area contributed by atoms with E-state index >= 15 is 0 Å². The van der Waals surface area contributed by atoms with Crippen LogP contribution in [0.3, 0.4) is 0 Å². The summed E-state index contributed by atoms with van der Waals surface area (Å²) in [6.45, 7) is 6.73. The van der Waals surface area contributed by atoms with Crippen LogP contribution in [0.2, 0.25) is 5.02 Å². The number of anilines is 1. The molecule has 1 atom stereocenters. The van der Waals surface area contributed by atoms with Crippen LogP contribution < -0.4 is 10.6 Å². The van der Waals surface area contributed by atoms with Crippen molar-refractivity contribution in [1.29, 1.82) is 0 Å². The van der Waals surface area contributed by atoms with Crippen molar-refractivity contribution >= 4 is 52.4 Å². The second kappa shape index (κ2) is 9.35. The molecule has 0 bridgehead atoms. The number of likely N-dealkylation sites (N-methyl/N-ethyl adjacent to an activating group) is 1. The van der Waals surface area contributed by atoms with Crippen molar-refractivity contribution in [3.05, 3.63) is 64.3 Å². The van der Waals surface area contributed by atoms with Crippen molar-refractivity contribution in [2.24, 2.45) is 12.8 Å². The van der Waals surface area contributed by atoms with E-state index in [0.717, 1.165) is 24.0 Å². The van der Waals surface area contributed by atoms with E-state index in [4.69, 9.17) is 17.3 Å². The van der Waals surface area contributed by atoms with Gasteiger partial charge in [-0.25, -0.2) is 0 Å². The van der Waals surface area contributed by atoms with E-state index in [0.29, 0.717) is 24.3 Å². The highest BCUT2D eigenvalue weighted by Crippen LogP contribution is 2.49. The lowest BCUT2D eigenvalue weighted by molar-refractivity contribution is -0.132. The van der Waals surface area contributed by atoms with Crippen LogP contribution in [0.25, 0.3) is 10.9 Å². The Morgan fingerprint density at radius 2 is 1.91 bits per heavy atom. The van der Waals surface area contributed by atoms with Crippen molar-refractivity contribution in [2.45, 2.75) is 19.4 Å². The minimum absolute atomic E-state index is 0. The van der Waals surface area contributed by atoms with Crippen LogP contribution in [0.5, 0.6) is 0 Å². The number of benzene rings is 2. The molecular formula is C24H28Cl2N4O3. The van der Waals surface area contributed by atoms with Crippen molar-refractivity contribution in [3.8, 4) is 0 Å². The molecule has 4 rings (SSSR count). The third-order valence-electron chi connectivity index (χ3n) is 6.38. The van der Waals surface area contributed by atoms with E-state index < -0.39 is 17.4 Å². The number of primary amides is 1. The monoisotopic (exact) mass is 490 g/mol. The number of hydrogen-bond donors (Lipinski definition) is 2. The number of hydrogen-bond acceptors (Lipinski definition) is 4. The number of nitrogens with two attached hydrogens (primary N) is 1. The number of nitrogens with zero attached hydrogens (tertiary/aromatic N) is 3. The van der Waals surface area contributed by atoms with Crippen molar-refractivity contribution in [3.63, 3.8) is 0 Å². The number of aryl methyl sites for hydroxylation is 1. The van der Waals surface area contributed by atoms with Crippen LogP contribution >= 0.6 is 24.0 Å². The zero-order valence-electron chi connectivity index (χ0n) is 18.8. The van der Waals surface area contributed by atoms with Crippen molar-refractivity contribution in [1.82, 2.24) is 9.47 Å². The molecule has 0 fully saturated rings. The molecule has 7 nitrogen and oxygen atoms in total. The number of aromatic nitrogens is 1. The quantitative estimate of drug-likeness (QED) is 0.531. The number of rotatable bonds is 7. The molecule has 9 heteroatoms. The van der Waals surface area contributed by atoms with Gasteiger partial charge < -0.3 is 25.2 Å². The number of carbonyl (C=O) groups excluding carboxylic acids is 2. The Bertz CT molecular complexity index is 1220. The Morgan fingerprint density at radius 3 is 2.55 bits per heavy atom. The zero-order chi connectivity index (χ0) is 23.2. The Hall–Kier alpha value is -2.58. The Labute approximate surface area is 204 Å². The summed E-state index contributed by atoms with van der Waals surface area (Å²) in [5, 5.41) is 13.1. The summed E-state index contributed by atoms with van der Waals surface area (Å²) in [6.07, 6.45) is 1.88. The summed E-state index contributed by atoms with van der Waals surface area (Å²) in [6, 6.07) is 10.4. The standard InChI is InChI=1S/C24H27ClN4O3.ClH/c1-4-28(5-2)11-12-29-19-14-16(22(26)30)13-18(25)20(19)24(32,23(29)31)17-8-6-7-15-9-10-27(3)21(15)17;/h6-10,13-14,32H,4-5,11-12H2,1-3H3,(H2,26,30);1H. The molecule has 3 N–H and O–H groups in total. The molecule has 0 radical (unpaired) electrons. The SMILES string of the molecule is CCN(CC)CCN1C(=O)C(O)(c2cccc3ccn(C)c23)c2c(Cl)cc(C(N)=O)cc21.Cl. The molecule has 176 valence electrons. The lowest BCUT2D eigenvalue weighted by Gasteiger charge is -2.26. The van der Waals surface area contributed by atoms with Gasteiger partial charge in [-0.2, -0.15) is 0 Å². The maximum atomic E-state index is 13.9. The Kier molecular flexibility index (Phi) is 7.10. The molecule has 0 saturated heterocycles. The molecule has 1 unspecified atom stereocenters. The van der Waals surface area contributed by atoms with Gasteiger partial charge >= 0.3 is 0 Å². The molecular weight excluding hydrogens is 463 g/mol. The molecule has 0 aliphatic carbocycles. The van der Waals surface area contributed by atoms with Gasteiger partial charge in [0.1, 0.15) is 0 Å². The number of para-hydroxylation sites is 1. The molecule has 2 aromatic carbocycles. The van der Waals surface area contributed by atoms with E-state index in [1.165, 1.54) is 11.0 Å². The molecule has 2 amide bonds. The molecule has 33 heavy (non-hydrogen) atoms. The van der Waals surface area contributed by atoms with Crippen LogP contribution in [0.15, 0.2) is 42.6 Å². The van der Waals surface area contributed by atoms with Crippen LogP contribution in [-0.4, -0.2) is 52.6 Å². The molecule has 1 aliphatic heterocycles. The number of aliphatic hydroxyl groups is 1. The number of halogens is 2. The third-order valence-corrected chi connectivity index (χ3v) is 6.68. The van der Waals surface area contributed by atoms with Gasteiger partial charge in [-0.3, -0.25) is 9.59 Å². The van der Waals surface area contributed by atoms with Gasteiger partial charge in [-0.15, -0.1) is 12.4 Å². The van der Waals surface area contributed by atoms with Gasteiger partial charge in [-0.05, 0) is 36.7 Å². The first kappa shape index (κ1) is 25.1. The van der Waals surface area contributed by atoms with Crippen LogP contribution in [0.1, 0.15) is 35.3 Å². The first-order valence-electron chi connectivity index (χ1n) is 10.7. The maximum absolute atomic E-state index is 13.9. The van der Waals surface area contributed by atoms with Gasteiger partial charge in [0, 0.05) is 43.0 Å². The Balaban J connectivity index is 0.00000306. The van der Waals surface area contributed by atoms with E-state index in [2.05, 4.69) is 18.7 Å². The Morgan fingerprint density at radius 1 is 1.21 bits per heavy atom. The van der Waals surface area contributed by atoms with Gasteiger partial charge in [0.15, 0.2) is 5.60 Å². The third kappa shape index (κ3) is 3.89. The first-order valence-corrected chi connectivity index (χ1v) is 11.1. The summed E-state index contributed by atoms with van der Waals surface area (Å²) in [5.74, 6) is -1.14. The molecule has 0 saturated carbocycles. The maximum Gasteiger partial charge on any atom is 0.268 e. The highest BCUT2D eigenvalue weighted by molar-refractivity contribution is 6.34. The summed E-state index contributed by atoms with van der Waals surface area (Å²) < 4.78 is 1.87. The van der Waals surface area contributed by atoms with Crippen LogP contribution in [-0.2, 0) is 17.4 Å². The first-order chi connectivity index (χ1) is 15.2. The topological polar surface area (TPSA) is 91.8 Å². The zero-order valence-corrected chi connectivity index (χ0v) is 20.4. The predicted octanol–water partition coefficient (Wildman–Crippen LogP) is 3.28. The minimum Gasteiger partial charge on any atom is -0.372 e. The highest BCUT2D eigenvalue weighted by atomic mass is 35.5. The predicted molar refractivity (Wildman–Crippen MR) is 133 cm³/mol.